The Morgan fingerprint density at radius 3 is 2.52 bits per heavy atom. The summed E-state index contributed by atoms with van der Waals surface area (Å²) in [5.41, 5.74) is 1.18. The predicted octanol–water partition coefficient (Wildman–Crippen LogP) is 3.32. The fraction of sp³-hybridized carbons (Fsp3) is 0.467. The third-order valence-corrected chi connectivity index (χ3v) is 3.67. The molecule has 1 N–H and O–H groups in total. The van der Waals surface area contributed by atoms with Crippen LogP contribution in [-0.4, -0.2) is 29.0 Å². The van der Waals surface area contributed by atoms with E-state index in [1.54, 1.807) is 14.2 Å². The molecular formula is C15H21N3O2S. The number of aromatic nitrogens is 3. The molecule has 0 spiro atoms. The number of methoxy groups -OCH3 is 2. The van der Waals surface area contributed by atoms with Gasteiger partial charge in [-0.1, -0.05) is 6.07 Å². The molecule has 0 aliphatic rings. The van der Waals surface area contributed by atoms with Crippen molar-refractivity contribution in [3.05, 3.63) is 34.4 Å². The van der Waals surface area contributed by atoms with Crippen molar-refractivity contribution in [1.82, 2.24) is 14.8 Å². The van der Waals surface area contributed by atoms with Crippen LogP contribution in [0.4, 0.5) is 0 Å². The van der Waals surface area contributed by atoms with Gasteiger partial charge >= 0.3 is 0 Å². The lowest BCUT2D eigenvalue weighted by molar-refractivity contribution is 0.354. The number of ether oxygens (including phenoxy) is 2. The monoisotopic (exact) mass is 307 g/mol. The minimum absolute atomic E-state index is 0.302. The highest BCUT2D eigenvalue weighted by Gasteiger charge is 2.10. The summed E-state index contributed by atoms with van der Waals surface area (Å²) < 4.78 is 13.3. The van der Waals surface area contributed by atoms with Gasteiger partial charge in [0.25, 0.3) is 0 Å². The highest BCUT2D eigenvalue weighted by molar-refractivity contribution is 7.71. The standard InChI is InChI=1S/C15H21N3O2S/c1-10(2)18-14(16-17-15(18)21)8-6-11-5-7-12(19-3)13(9-11)20-4/h5,7,9-10H,6,8H2,1-4H3,(H,17,21). The Labute approximate surface area is 129 Å². The lowest BCUT2D eigenvalue weighted by atomic mass is 10.1. The number of rotatable bonds is 6. The average Bonchev–Trinajstić information content (AvgIpc) is 2.85. The Kier molecular flexibility index (Phi) is 5.01. The molecule has 0 radical (unpaired) electrons. The zero-order chi connectivity index (χ0) is 15.4. The summed E-state index contributed by atoms with van der Waals surface area (Å²) >= 11 is 5.26. The van der Waals surface area contributed by atoms with Crippen LogP contribution in [0.5, 0.6) is 11.5 Å². The van der Waals surface area contributed by atoms with Gasteiger partial charge in [0.15, 0.2) is 16.3 Å². The smallest absolute Gasteiger partial charge is 0.195 e. The molecule has 0 atom stereocenters. The quantitative estimate of drug-likeness (QED) is 0.832. The largest absolute Gasteiger partial charge is 0.493 e. The molecule has 2 rings (SSSR count). The van der Waals surface area contributed by atoms with Crippen LogP contribution in [0.2, 0.25) is 0 Å². The van der Waals surface area contributed by atoms with E-state index in [0.717, 1.165) is 30.2 Å². The molecule has 0 saturated carbocycles. The molecule has 0 unspecified atom stereocenters. The molecule has 2 aromatic rings. The molecule has 5 nitrogen and oxygen atoms in total. The fourth-order valence-electron chi connectivity index (χ4n) is 2.34. The molecule has 0 fully saturated rings. The molecule has 6 heteroatoms. The number of hydrogen-bond acceptors (Lipinski definition) is 4. The van der Waals surface area contributed by atoms with Gasteiger partial charge in [-0.3, -0.25) is 5.10 Å². The maximum absolute atomic E-state index is 5.33. The first kappa shape index (κ1) is 15.6. The SMILES string of the molecule is COc1ccc(CCc2n[nH]c(=S)n2C(C)C)cc1OC. The maximum Gasteiger partial charge on any atom is 0.195 e. The Morgan fingerprint density at radius 1 is 1.19 bits per heavy atom. The van der Waals surface area contributed by atoms with Crippen molar-refractivity contribution in [2.24, 2.45) is 0 Å². The Bertz CT molecular complexity index is 661. The van der Waals surface area contributed by atoms with Gasteiger partial charge in [0, 0.05) is 12.5 Å². The van der Waals surface area contributed by atoms with Crippen LogP contribution >= 0.6 is 12.2 Å². The van der Waals surface area contributed by atoms with E-state index in [-0.39, 0.29) is 0 Å². The molecular weight excluding hydrogens is 286 g/mol. The van der Waals surface area contributed by atoms with Crippen LogP contribution in [0.25, 0.3) is 0 Å². The first-order valence-electron chi connectivity index (χ1n) is 6.93. The number of aromatic amines is 1. The van der Waals surface area contributed by atoms with E-state index in [2.05, 4.69) is 28.6 Å². The zero-order valence-corrected chi connectivity index (χ0v) is 13.7. The van der Waals surface area contributed by atoms with E-state index in [4.69, 9.17) is 21.7 Å². The number of aryl methyl sites for hydroxylation is 2. The molecule has 0 bridgehead atoms. The summed E-state index contributed by atoms with van der Waals surface area (Å²) in [6.07, 6.45) is 1.69. The third-order valence-electron chi connectivity index (χ3n) is 3.38. The number of nitrogens with zero attached hydrogens (tertiary/aromatic N) is 2. The normalized spacial score (nSPS) is 10.9. The van der Waals surface area contributed by atoms with Crippen LogP contribution in [0, 0.1) is 4.77 Å². The van der Waals surface area contributed by atoms with Crippen molar-refractivity contribution in [2.45, 2.75) is 32.7 Å². The second-order valence-corrected chi connectivity index (χ2v) is 5.48. The zero-order valence-electron chi connectivity index (χ0n) is 12.8. The lowest BCUT2D eigenvalue weighted by Crippen LogP contribution is -2.07. The van der Waals surface area contributed by atoms with Crippen molar-refractivity contribution >= 4 is 12.2 Å². The van der Waals surface area contributed by atoms with E-state index in [1.165, 1.54) is 5.56 Å². The molecule has 0 aliphatic carbocycles. The number of nitrogens with one attached hydrogen (secondary N) is 1. The predicted molar refractivity (Wildman–Crippen MR) is 84.8 cm³/mol. The summed E-state index contributed by atoms with van der Waals surface area (Å²) in [5, 5.41) is 7.18. The van der Waals surface area contributed by atoms with Crippen molar-refractivity contribution < 1.29 is 9.47 Å². The van der Waals surface area contributed by atoms with Crippen LogP contribution < -0.4 is 9.47 Å². The van der Waals surface area contributed by atoms with Crippen molar-refractivity contribution in [3.63, 3.8) is 0 Å². The third kappa shape index (κ3) is 3.44. The lowest BCUT2D eigenvalue weighted by Gasteiger charge is -2.11. The van der Waals surface area contributed by atoms with Gasteiger partial charge in [-0.2, -0.15) is 5.10 Å². The average molecular weight is 307 g/mol. The second-order valence-electron chi connectivity index (χ2n) is 5.10. The van der Waals surface area contributed by atoms with Gasteiger partial charge < -0.3 is 14.0 Å². The molecule has 1 aromatic heterocycles. The van der Waals surface area contributed by atoms with Gasteiger partial charge in [0.1, 0.15) is 5.82 Å². The molecule has 0 saturated heterocycles. The van der Waals surface area contributed by atoms with E-state index < -0.39 is 0 Å². The minimum atomic E-state index is 0.302. The number of H-pyrrole nitrogens is 1. The van der Waals surface area contributed by atoms with Crippen molar-refractivity contribution in [1.29, 1.82) is 0 Å². The number of benzene rings is 1. The van der Waals surface area contributed by atoms with Crippen molar-refractivity contribution in [2.75, 3.05) is 14.2 Å². The van der Waals surface area contributed by atoms with E-state index in [9.17, 15) is 0 Å². The first-order valence-corrected chi connectivity index (χ1v) is 7.34. The molecule has 114 valence electrons. The Morgan fingerprint density at radius 2 is 1.90 bits per heavy atom. The molecule has 1 heterocycles. The van der Waals surface area contributed by atoms with E-state index in [0.29, 0.717) is 10.8 Å². The van der Waals surface area contributed by atoms with Gasteiger partial charge in [0.05, 0.1) is 14.2 Å². The molecule has 0 amide bonds. The van der Waals surface area contributed by atoms with Crippen molar-refractivity contribution in [3.8, 4) is 11.5 Å². The van der Waals surface area contributed by atoms with E-state index in [1.807, 2.05) is 18.2 Å². The van der Waals surface area contributed by atoms with Gasteiger partial charge in [0.2, 0.25) is 0 Å². The Hall–Kier alpha value is -1.82. The van der Waals surface area contributed by atoms with Crippen LogP contribution in [0.1, 0.15) is 31.3 Å². The number of hydrogen-bond donors (Lipinski definition) is 1. The molecule has 0 aliphatic heterocycles. The van der Waals surface area contributed by atoms with Gasteiger partial charge in [-0.05, 0) is 50.2 Å². The van der Waals surface area contributed by atoms with E-state index >= 15 is 0 Å². The summed E-state index contributed by atoms with van der Waals surface area (Å²) in [5.74, 6) is 2.47. The summed E-state index contributed by atoms with van der Waals surface area (Å²) in [6.45, 7) is 4.20. The molecule has 1 aromatic carbocycles. The highest BCUT2D eigenvalue weighted by Crippen LogP contribution is 2.28. The first-order chi connectivity index (χ1) is 10.1. The topological polar surface area (TPSA) is 52.1 Å². The highest BCUT2D eigenvalue weighted by atomic mass is 32.1. The van der Waals surface area contributed by atoms with Crippen LogP contribution in [0.3, 0.4) is 0 Å². The second kappa shape index (κ2) is 6.76. The maximum atomic E-state index is 5.33. The van der Waals surface area contributed by atoms with Gasteiger partial charge in [-0.15, -0.1) is 0 Å². The Balaban J connectivity index is 2.15. The van der Waals surface area contributed by atoms with Gasteiger partial charge in [-0.25, -0.2) is 0 Å². The minimum Gasteiger partial charge on any atom is -0.493 e. The van der Waals surface area contributed by atoms with Crippen LogP contribution in [-0.2, 0) is 12.8 Å². The summed E-state index contributed by atoms with van der Waals surface area (Å²) in [4.78, 5) is 0. The summed E-state index contributed by atoms with van der Waals surface area (Å²) in [7, 11) is 3.28. The van der Waals surface area contributed by atoms with Crippen LogP contribution in [0.15, 0.2) is 18.2 Å². The summed E-state index contributed by atoms with van der Waals surface area (Å²) in [6, 6.07) is 6.27. The molecule has 21 heavy (non-hydrogen) atoms. The fourth-order valence-corrected chi connectivity index (χ4v) is 2.70.